The Morgan fingerprint density at radius 1 is 1.11 bits per heavy atom. The maximum absolute atomic E-state index is 6.19. The molecular weight excluding hydrogens is 244 g/mol. The van der Waals surface area contributed by atoms with E-state index in [1.54, 1.807) is 0 Å². The van der Waals surface area contributed by atoms with E-state index in [1.165, 1.54) is 37.2 Å². The number of anilines is 1. The van der Waals surface area contributed by atoms with Crippen molar-refractivity contribution in [2.24, 2.45) is 11.7 Å². The molecule has 1 atom stereocenters. The molecule has 1 aromatic rings. The van der Waals surface area contributed by atoms with Crippen LogP contribution in [-0.2, 0) is 0 Å². The summed E-state index contributed by atoms with van der Waals surface area (Å²) in [6, 6.07) is 9.02. The first-order valence-corrected chi connectivity index (χ1v) is 6.77. The Morgan fingerprint density at radius 2 is 1.67 bits per heavy atom. The van der Waals surface area contributed by atoms with Crippen LogP contribution in [0.2, 0.25) is 0 Å². The van der Waals surface area contributed by atoms with Crippen molar-refractivity contribution < 1.29 is 0 Å². The Kier molecular flexibility index (Phi) is 5.97. The number of halogens is 1. The van der Waals surface area contributed by atoms with Crippen LogP contribution in [0.1, 0.15) is 44.7 Å². The van der Waals surface area contributed by atoms with Gasteiger partial charge in [-0.1, -0.05) is 26.0 Å². The van der Waals surface area contributed by atoms with Gasteiger partial charge in [0.2, 0.25) is 0 Å². The molecule has 0 radical (unpaired) electrons. The van der Waals surface area contributed by atoms with Gasteiger partial charge in [-0.2, -0.15) is 0 Å². The van der Waals surface area contributed by atoms with Gasteiger partial charge in [-0.3, -0.25) is 0 Å². The zero-order valence-electron chi connectivity index (χ0n) is 11.4. The lowest BCUT2D eigenvalue weighted by molar-refractivity contribution is 0.510. The van der Waals surface area contributed by atoms with Gasteiger partial charge in [0, 0.05) is 24.8 Å². The minimum Gasteiger partial charge on any atom is -0.372 e. The number of nitrogens with two attached hydrogens (primary N) is 1. The fourth-order valence-electron chi connectivity index (χ4n) is 2.55. The molecule has 1 aromatic carbocycles. The zero-order chi connectivity index (χ0) is 12.3. The molecule has 0 unspecified atom stereocenters. The topological polar surface area (TPSA) is 29.3 Å². The van der Waals surface area contributed by atoms with Gasteiger partial charge in [-0.25, -0.2) is 0 Å². The molecule has 3 heteroatoms. The molecule has 1 heterocycles. The fraction of sp³-hybridized carbons (Fsp3) is 0.600. The summed E-state index contributed by atoms with van der Waals surface area (Å²) in [5, 5.41) is 0. The van der Waals surface area contributed by atoms with Gasteiger partial charge in [-0.15, -0.1) is 12.4 Å². The van der Waals surface area contributed by atoms with E-state index >= 15 is 0 Å². The predicted molar refractivity (Wildman–Crippen MR) is 81.5 cm³/mol. The highest BCUT2D eigenvalue weighted by Gasteiger charge is 2.13. The largest absolute Gasteiger partial charge is 0.372 e. The molecule has 0 aromatic heterocycles. The normalized spacial score (nSPS) is 16.8. The quantitative estimate of drug-likeness (QED) is 0.901. The molecule has 1 aliphatic heterocycles. The summed E-state index contributed by atoms with van der Waals surface area (Å²) in [5.41, 5.74) is 8.80. The van der Waals surface area contributed by atoms with Crippen LogP contribution in [0.3, 0.4) is 0 Å². The number of benzene rings is 1. The minimum atomic E-state index is 0. The second-order valence-electron chi connectivity index (χ2n) is 5.52. The summed E-state index contributed by atoms with van der Waals surface area (Å²) in [7, 11) is 0. The third kappa shape index (κ3) is 3.89. The van der Waals surface area contributed by atoms with Crippen molar-refractivity contribution in [3.05, 3.63) is 29.8 Å². The van der Waals surface area contributed by atoms with Gasteiger partial charge in [0.15, 0.2) is 0 Å². The van der Waals surface area contributed by atoms with E-state index < -0.39 is 0 Å². The summed E-state index contributed by atoms with van der Waals surface area (Å²) in [6.45, 7) is 6.85. The third-order valence-corrected chi connectivity index (χ3v) is 3.52. The molecule has 1 saturated heterocycles. The summed E-state index contributed by atoms with van der Waals surface area (Å²) in [4.78, 5) is 2.46. The first-order valence-electron chi connectivity index (χ1n) is 6.77. The van der Waals surface area contributed by atoms with Crippen molar-refractivity contribution in [1.82, 2.24) is 0 Å². The van der Waals surface area contributed by atoms with Crippen molar-refractivity contribution in [2.45, 2.75) is 39.2 Å². The molecule has 2 nitrogen and oxygen atoms in total. The van der Waals surface area contributed by atoms with E-state index in [4.69, 9.17) is 5.73 Å². The smallest absolute Gasteiger partial charge is 0.0366 e. The van der Waals surface area contributed by atoms with Crippen molar-refractivity contribution in [1.29, 1.82) is 0 Å². The number of hydrogen-bond acceptors (Lipinski definition) is 2. The first-order chi connectivity index (χ1) is 8.16. The minimum absolute atomic E-state index is 0. The molecule has 102 valence electrons. The molecule has 0 spiro atoms. The summed E-state index contributed by atoms with van der Waals surface area (Å²) < 4.78 is 0. The number of hydrogen-bond donors (Lipinski definition) is 1. The Labute approximate surface area is 117 Å². The lowest BCUT2D eigenvalue weighted by atomic mass is 9.98. The van der Waals surface area contributed by atoms with Crippen LogP contribution in [0.5, 0.6) is 0 Å². The Balaban J connectivity index is 0.00000162. The van der Waals surface area contributed by atoms with Gasteiger partial charge in [0.1, 0.15) is 0 Å². The molecule has 2 N–H and O–H groups in total. The second kappa shape index (κ2) is 7.01. The highest BCUT2D eigenvalue weighted by molar-refractivity contribution is 5.85. The van der Waals surface area contributed by atoms with Gasteiger partial charge >= 0.3 is 0 Å². The lowest BCUT2D eigenvalue weighted by Crippen LogP contribution is -2.18. The van der Waals surface area contributed by atoms with E-state index in [2.05, 4.69) is 43.0 Å². The Morgan fingerprint density at radius 3 is 2.17 bits per heavy atom. The highest BCUT2D eigenvalue weighted by atomic mass is 35.5. The first kappa shape index (κ1) is 15.3. The molecule has 0 bridgehead atoms. The summed E-state index contributed by atoms with van der Waals surface area (Å²) >= 11 is 0. The number of nitrogens with zero attached hydrogens (tertiary/aromatic N) is 1. The molecule has 0 amide bonds. The van der Waals surface area contributed by atoms with E-state index in [1.807, 2.05) is 0 Å². The van der Waals surface area contributed by atoms with E-state index in [0.717, 1.165) is 6.42 Å². The molecule has 1 aliphatic rings. The Hall–Kier alpha value is -0.730. The van der Waals surface area contributed by atoms with Gasteiger partial charge in [-0.05, 0) is 42.9 Å². The second-order valence-corrected chi connectivity index (χ2v) is 5.52. The highest BCUT2D eigenvalue weighted by Crippen LogP contribution is 2.24. The average molecular weight is 269 g/mol. The van der Waals surface area contributed by atoms with E-state index in [-0.39, 0.29) is 18.4 Å². The molecule has 2 rings (SSSR count). The number of rotatable bonds is 4. The van der Waals surface area contributed by atoms with Crippen LogP contribution in [0.25, 0.3) is 0 Å². The van der Waals surface area contributed by atoms with Crippen LogP contribution >= 0.6 is 12.4 Å². The monoisotopic (exact) mass is 268 g/mol. The maximum Gasteiger partial charge on any atom is 0.0366 e. The van der Waals surface area contributed by atoms with Crippen molar-refractivity contribution >= 4 is 18.1 Å². The fourth-order valence-corrected chi connectivity index (χ4v) is 2.55. The van der Waals surface area contributed by atoms with Crippen molar-refractivity contribution in [2.75, 3.05) is 18.0 Å². The molecule has 18 heavy (non-hydrogen) atoms. The van der Waals surface area contributed by atoms with E-state index in [0.29, 0.717) is 5.92 Å². The molecular formula is C15H25ClN2. The van der Waals surface area contributed by atoms with Gasteiger partial charge in [0.05, 0.1) is 0 Å². The molecule has 1 fully saturated rings. The average Bonchev–Trinajstić information content (AvgIpc) is 2.82. The zero-order valence-corrected chi connectivity index (χ0v) is 12.2. The lowest BCUT2D eigenvalue weighted by Gasteiger charge is -2.19. The van der Waals surface area contributed by atoms with E-state index in [9.17, 15) is 0 Å². The molecule has 0 aliphatic carbocycles. The van der Waals surface area contributed by atoms with Crippen LogP contribution < -0.4 is 10.6 Å². The van der Waals surface area contributed by atoms with Crippen LogP contribution in [-0.4, -0.2) is 13.1 Å². The summed E-state index contributed by atoms with van der Waals surface area (Å²) in [6.07, 6.45) is 3.71. The maximum atomic E-state index is 6.19. The SMILES string of the molecule is CC(C)C[C@H](N)c1ccc(N2CCCC2)cc1.Cl. The predicted octanol–water partition coefficient (Wildman–Crippen LogP) is 3.75. The standard InChI is InChI=1S/C15H24N2.ClH/c1-12(2)11-15(16)13-5-7-14(8-6-13)17-9-3-4-10-17;/h5-8,12,15H,3-4,9-11,16H2,1-2H3;1H/t15-;/m0./s1. The third-order valence-electron chi connectivity index (χ3n) is 3.52. The van der Waals surface area contributed by atoms with Crippen molar-refractivity contribution in [3.8, 4) is 0 Å². The van der Waals surface area contributed by atoms with Crippen LogP contribution in [0.4, 0.5) is 5.69 Å². The van der Waals surface area contributed by atoms with Gasteiger partial charge < -0.3 is 10.6 Å². The van der Waals surface area contributed by atoms with Crippen LogP contribution in [0.15, 0.2) is 24.3 Å². The van der Waals surface area contributed by atoms with Crippen LogP contribution in [0, 0.1) is 5.92 Å². The van der Waals surface area contributed by atoms with Gasteiger partial charge in [0.25, 0.3) is 0 Å². The summed E-state index contributed by atoms with van der Waals surface area (Å²) in [5.74, 6) is 0.656. The molecule has 0 saturated carbocycles. The Bertz CT molecular complexity index is 342. The van der Waals surface area contributed by atoms with Crippen molar-refractivity contribution in [3.63, 3.8) is 0 Å².